The monoisotopic (exact) mass is 267 g/mol. The second-order valence-electron chi connectivity index (χ2n) is 4.90. The Morgan fingerprint density at radius 1 is 1.33 bits per heavy atom. The molecule has 2 N–H and O–H groups in total. The van der Waals surface area contributed by atoms with E-state index in [-0.39, 0.29) is 18.4 Å². The number of aliphatic hydroxyl groups excluding tert-OH is 1. The summed E-state index contributed by atoms with van der Waals surface area (Å²) in [5.74, 6) is 0.501. The van der Waals surface area contributed by atoms with Gasteiger partial charge in [0.25, 0.3) is 0 Å². The average molecular weight is 268 g/mol. The molecule has 0 unspecified atom stereocenters. The lowest BCUT2D eigenvalue weighted by atomic mass is 9.82. The smallest absolute Gasteiger partial charge is 0.227 e. The third-order valence-corrected chi connectivity index (χ3v) is 3.80. The van der Waals surface area contributed by atoms with Crippen molar-refractivity contribution in [2.24, 2.45) is 11.8 Å². The Bertz CT molecular complexity index is 414. The highest BCUT2D eigenvalue weighted by Gasteiger charge is 2.25. The number of carbonyl (C=O) groups excluding carboxylic acids is 1. The molecule has 1 amide bonds. The van der Waals surface area contributed by atoms with Gasteiger partial charge in [-0.1, -0.05) is 17.7 Å². The summed E-state index contributed by atoms with van der Waals surface area (Å²) in [6.45, 7) is 0.239. The zero-order valence-corrected chi connectivity index (χ0v) is 11.0. The molecule has 18 heavy (non-hydrogen) atoms. The first-order valence-electron chi connectivity index (χ1n) is 6.36. The van der Waals surface area contributed by atoms with E-state index < -0.39 is 0 Å². The van der Waals surface area contributed by atoms with E-state index >= 15 is 0 Å². The first-order chi connectivity index (χ1) is 8.69. The van der Waals surface area contributed by atoms with Gasteiger partial charge in [-0.2, -0.15) is 0 Å². The fraction of sp³-hybridized carbons (Fsp3) is 0.500. The Morgan fingerprint density at radius 2 is 2.06 bits per heavy atom. The van der Waals surface area contributed by atoms with Crippen molar-refractivity contribution in [3.63, 3.8) is 0 Å². The van der Waals surface area contributed by atoms with Crippen molar-refractivity contribution in [2.45, 2.75) is 25.7 Å². The molecule has 2 rings (SSSR count). The van der Waals surface area contributed by atoms with E-state index in [1.54, 1.807) is 12.1 Å². The topological polar surface area (TPSA) is 49.3 Å². The van der Waals surface area contributed by atoms with E-state index in [1.165, 1.54) is 0 Å². The summed E-state index contributed by atoms with van der Waals surface area (Å²) in [6, 6.07) is 7.19. The highest BCUT2D eigenvalue weighted by molar-refractivity contribution is 6.30. The molecule has 0 radical (unpaired) electrons. The summed E-state index contributed by atoms with van der Waals surface area (Å²) < 4.78 is 0. The van der Waals surface area contributed by atoms with Crippen LogP contribution in [0.4, 0.5) is 5.69 Å². The zero-order valence-electron chi connectivity index (χ0n) is 10.2. The second-order valence-corrected chi connectivity index (χ2v) is 5.34. The van der Waals surface area contributed by atoms with E-state index in [1.807, 2.05) is 12.1 Å². The van der Waals surface area contributed by atoms with Gasteiger partial charge in [0.2, 0.25) is 5.91 Å². The van der Waals surface area contributed by atoms with Crippen molar-refractivity contribution >= 4 is 23.2 Å². The van der Waals surface area contributed by atoms with Crippen molar-refractivity contribution in [3.05, 3.63) is 29.3 Å². The van der Waals surface area contributed by atoms with Crippen LogP contribution >= 0.6 is 11.6 Å². The maximum Gasteiger partial charge on any atom is 0.227 e. The van der Waals surface area contributed by atoms with Gasteiger partial charge < -0.3 is 10.4 Å². The van der Waals surface area contributed by atoms with Gasteiger partial charge in [0.15, 0.2) is 0 Å². The number of hydrogen-bond acceptors (Lipinski definition) is 2. The van der Waals surface area contributed by atoms with Crippen LogP contribution in [0, 0.1) is 11.8 Å². The van der Waals surface area contributed by atoms with Gasteiger partial charge in [-0.3, -0.25) is 4.79 Å². The van der Waals surface area contributed by atoms with E-state index in [9.17, 15) is 4.79 Å². The lowest BCUT2D eigenvalue weighted by Gasteiger charge is -2.26. The van der Waals surface area contributed by atoms with Gasteiger partial charge in [-0.25, -0.2) is 0 Å². The molecule has 1 aliphatic rings. The molecule has 0 saturated heterocycles. The number of benzene rings is 1. The number of hydrogen-bond donors (Lipinski definition) is 2. The van der Waals surface area contributed by atoms with Crippen molar-refractivity contribution < 1.29 is 9.90 Å². The summed E-state index contributed by atoms with van der Waals surface area (Å²) in [5, 5.41) is 12.6. The number of carbonyl (C=O) groups is 1. The number of anilines is 1. The Balaban J connectivity index is 1.89. The third-order valence-electron chi connectivity index (χ3n) is 3.57. The van der Waals surface area contributed by atoms with Crippen molar-refractivity contribution in [2.75, 3.05) is 11.9 Å². The standard InChI is InChI=1S/C14H18ClNO2/c15-12-2-1-3-13(8-12)16-14(18)11-6-4-10(9-17)5-7-11/h1-3,8,10-11,17H,4-7,9H2,(H,16,18). The number of aliphatic hydroxyl groups is 1. The molecular formula is C14H18ClNO2. The Labute approximate surface area is 112 Å². The minimum Gasteiger partial charge on any atom is -0.396 e. The molecular weight excluding hydrogens is 250 g/mol. The quantitative estimate of drug-likeness (QED) is 0.884. The molecule has 0 spiro atoms. The van der Waals surface area contributed by atoms with Gasteiger partial charge in [-0.15, -0.1) is 0 Å². The van der Waals surface area contributed by atoms with Crippen molar-refractivity contribution in [1.29, 1.82) is 0 Å². The van der Waals surface area contributed by atoms with Crippen LogP contribution < -0.4 is 5.32 Å². The Hall–Kier alpha value is -1.06. The minimum atomic E-state index is 0.0618. The summed E-state index contributed by atoms with van der Waals surface area (Å²) in [4.78, 5) is 12.1. The Kier molecular flexibility index (Phi) is 4.61. The minimum absolute atomic E-state index is 0.0618. The highest BCUT2D eigenvalue weighted by atomic mass is 35.5. The van der Waals surface area contributed by atoms with Crippen LogP contribution in [0.1, 0.15) is 25.7 Å². The van der Waals surface area contributed by atoms with E-state index in [0.717, 1.165) is 31.4 Å². The summed E-state index contributed by atoms with van der Waals surface area (Å²) >= 11 is 5.87. The maximum absolute atomic E-state index is 12.1. The second kappa shape index (κ2) is 6.21. The first kappa shape index (κ1) is 13.4. The first-order valence-corrected chi connectivity index (χ1v) is 6.74. The SMILES string of the molecule is O=C(Nc1cccc(Cl)c1)C1CCC(CO)CC1. The largest absolute Gasteiger partial charge is 0.396 e. The molecule has 3 nitrogen and oxygen atoms in total. The predicted octanol–water partition coefficient (Wildman–Crippen LogP) is 3.08. The molecule has 1 aromatic carbocycles. The van der Waals surface area contributed by atoms with Crippen LogP contribution in [-0.4, -0.2) is 17.6 Å². The van der Waals surface area contributed by atoms with Gasteiger partial charge >= 0.3 is 0 Å². The molecule has 1 fully saturated rings. The van der Waals surface area contributed by atoms with Crippen LogP contribution in [0.25, 0.3) is 0 Å². The van der Waals surface area contributed by atoms with Crippen LogP contribution in [0.5, 0.6) is 0 Å². The molecule has 0 atom stereocenters. The number of amides is 1. The number of halogens is 1. The average Bonchev–Trinajstić information content (AvgIpc) is 2.39. The van der Waals surface area contributed by atoms with Crippen molar-refractivity contribution in [3.8, 4) is 0 Å². The van der Waals surface area contributed by atoms with Crippen molar-refractivity contribution in [1.82, 2.24) is 0 Å². The fourth-order valence-electron chi connectivity index (χ4n) is 2.42. The zero-order chi connectivity index (χ0) is 13.0. The van der Waals surface area contributed by atoms with Crippen LogP contribution in [0.3, 0.4) is 0 Å². The summed E-state index contributed by atoms with van der Waals surface area (Å²) in [6.07, 6.45) is 3.59. The molecule has 1 aromatic rings. The van der Waals surface area contributed by atoms with Gasteiger partial charge in [0.05, 0.1) is 0 Å². The van der Waals surface area contributed by atoms with Gasteiger partial charge in [0.1, 0.15) is 0 Å². The lowest BCUT2D eigenvalue weighted by Crippen LogP contribution is -2.28. The van der Waals surface area contributed by atoms with E-state index in [0.29, 0.717) is 10.9 Å². The molecule has 0 aromatic heterocycles. The predicted molar refractivity (Wildman–Crippen MR) is 72.6 cm³/mol. The maximum atomic E-state index is 12.1. The highest BCUT2D eigenvalue weighted by Crippen LogP contribution is 2.29. The van der Waals surface area contributed by atoms with Crippen LogP contribution in [0.2, 0.25) is 5.02 Å². The molecule has 0 aliphatic heterocycles. The molecule has 0 heterocycles. The van der Waals surface area contributed by atoms with Gasteiger partial charge in [-0.05, 0) is 49.8 Å². The fourth-order valence-corrected chi connectivity index (χ4v) is 2.61. The van der Waals surface area contributed by atoms with E-state index in [4.69, 9.17) is 16.7 Å². The Morgan fingerprint density at radius 3 is 2.67 bits per heavy atom. The summed E-state index contributed by atoms with van der Waals surface area (Å²) in [7, 11) is 0. The molecule has 98 valence electrons. The summed E-state index contributed by atoms with van der Waals surface area (Å²) in [5.41, 5.74) is 0.747. The molecule has 1 aliphatic carbocycles. The normalized spacial score (nSPS) is 23.7. The number of nitrogens with one attached hydrogen (secondary N) is 1. The number of rotatable bonds is 3. The molecule has 4 heteroatoms. The molecule has 0 bridgehead atoms. The van der Waals surface area contributed by atoms with Gasteiger partial charge in [0, 0.05) is 23.2 Å². The molecule has 1 saturated carbocycles. The third kappa shape index (κ3) is 3.47. The lowest BCUT2D eigenvalue weighted by molar-refractivity contribution is -0.121. The van der Waals surface area contributed by atoms with Crippen LogP contribution in [0.15, 0.2) is 24.3 Å². The van der Waals surface area contributed by atoms with Crippen LogP contribution in [-0.2, 0) is 4.79 Å². The van der Waals surface area contributed by atoms with E-state index in [2.05, 4.69) is 5.32 Å².